The summed E-state index contributed by atoms with van der Waals surface area (Å²) < 4.78 is 13.3. The molecule has 2 nitrogen and oxygen atoms in total. The number of halogens is 1. The fourth-order valence-corrected chi connectivity index (χ4v) is 5.57. The van der Waals surface area contributed by atoms with E-state index in [4.69, 9.17) is 0 Å². The Morgan fingerprint density at radius 3 is 2.25 bits per heavy atom. The molecule has 3 aromatic carbocycles. The molecule has 5 heteroatoms. The van der Waals surface area contributed by atoms with Crippen molar-refractivity contribution in [3.8, 4) is 0 Å². The highest BCUT2D eigenvalue weighted by Crippen LogP contribution is 2.46. The van der Waals surface area contributed by atoms with Crippen molar-refractivity contribution in [1.29, 1.82) is 0 Å². The average Bonchev–Trinajstić information content (AvgIpc) is 3.61. The van der Waals surface area contributed by atoms with Crippen molar-refractivity contribution in [3.63, 3.8) is 0 Å². The molecule has 0 heterocycles. The predicted octanol–water partition coefficient (Wildman–Crippen LogP) is 7.75. The molecule has 1 fully saturated rings. The Hall–Kier alpha value is -2.24. The minimum atomic E-state index is -0.205. The van der Waals surface area contributed by atoms with Gasteiger partial charge in [-0.3, -0.25) is 4.79 Å². The van der Waals surface area contributed by atoms with Crippen LogP contribution in [-0.2, 0) is 11.2 Å². The highest BCUT2D eigenvalue weighted by atomic mass is 32.2. The second-order valence-electron chi connectivity index (χ2n) is 8.16. The molecule has 1 atom stereocenters. The van der Waals surface area contributed by atoms with Gasteiger partial charge >= 0.3 is 0 Å². The molecule has 4 rings (SSSR count). The van der Waals surface area contributed by atoms with Gasteiger partial charge in [0.15, 0.2) is 0 Å². The molecule has 0 aromatic heterocycles. The van der Waals surface area contributed by atoms with E-state index in [1.54, 1.807) is 23.5 Å². The van der Waals surface area contributed by atoms with Crippen molar-refractivity contribution in [2.24, 2.45) is 5.92 Å². The number of benzene rings is 3. The Morgan fingerprint density at radius 1 is 0.969 bits per heavy atom. The molecule has 1 amide bonds. The molecule has 0 radical (unpaired) electrons. The van der Waals surface area contributed by atoms with Crippen LogP contribution in [0, 0.1) is 11.7 Å². The summed E-state index contributed by atoms with van der Waals surface area (Å²) in [5.41, 5.74) is 3.07. The van der Waals surface area contributed by atoms with Crippen LogP contribution in [0.2, 0.25) is 0 Å². The summed E-state index contributed by atoms with van der Waals surface area (Å²) in [6.45, 7) is 2.13. The van der Waals surface area contributed by atoms with Gasteiger partial charge in [-0.2, -0.15) is 0 Å². The van der Waals surface area contributed by atoms with Crippen molar-refractivity contribution in [2.45, 2.75) is 47.6 Å². The maximum atomic E-state index is 13.3. The van der Waals surface area contributed by atoms with Crippen LogP contribution in [0.5, 0.6) is 0 Å². The Morgan fingerprint density at radius 2 is 1.62 bits per heavy atom. The van der Waals surface area contributed by atoms with Crippen LogP contribution in [0.4, 0.5) is 10.1 Å². The van der Waals surface area contributed by atoms with Gasteiger partial charge in [0.1, 0.15) is 5.82 Å². The number of anilines is 1. The fraction of sp³-hybridized carbons (Fsp3) is 0.296. The van der Waals surface area contributed by atoms with Crippen LogP contribution in [0.25, 0.3) is 0 Å². The van der Waals surface area contributed by atoms with Crippen molar-refractivity contribution < 1.29 is 9.18 Å². The van der Waals surface area contributed by atoms with E-state index >= 15 is 0 Å². The lowest BCUT2D eigenvalue weighted by molar-refractivity contribution is -0.115. The molecule has 166 valence electrons. The standard InChI is InChI=1S/C27H28FNOS2/c1-2-31-24-13-5-20(6-14-24)18-27(30)29-23-11-7-21(8-12-23)26(17-19-3-4-19)32-25-15-9-22(28)10-16-25/h5-16,19,26H,2-4,17-18H2,1H3,(H,29,30). The maximum absolute atomic E-state index is 13.3. The number of amides is 1. The first-order chi connectivity index (χ1) is 15.6. The molecule has 1 unspecified atom stereocenters. The number of nitrogens with one attached hydrogen (secondary N) is 1. The highest BCUT2D eigenvalue weighted by molar-refractivity contribution is 7.99. The van der Waals surface area contributed by atoms with Crippen LogP contribution < -0.4 is 5.32 Å². The summed E-state index contributed by atoms with van der Waals surface area (Å²) >= 11 is 3.59. The molecule has 32 heavy (non-hydrogen) atoms. The van der Waals surface area contributed by atoms with Gasteiger partial charge in [-0.15, -0.1) is 23.5 Å². The fourth-order valence-electron chi connectivity index (χ4n) is 3.63. The average molecular weight is 466 g/mol. The maximum Gasteiger partial charge on any atom is 0.228 e. The lowest BCUT2D eigenvalue weighted by atomic mass is 10.1. The lowest BCUT2D eigenvalue weighted by Gasteiger charge is -2.17. The van der Waals surface area contributed by atoms with E-state index in [0.29, 0.717) is 11.7 Å². The SMILES string of the molecule is CCSc1ccc(CC(=O)Nc2ccc(C(CC3CC3)Sc3ccc(F)cc3)cc2)cc1. The molecule has 0 spiro atoms. The van der Waals surface area contributed by atoms with Crippen molar-refractivity contribution >= 4 is 35.1 Å². The second kappa shape index (κ2) is 11.1. The first-order valence-electron chi connectivity index (χ1n) is 11.1. The van der Waals surface area contributed by atoms with Gasteiger partial charge in [-0.1, -0.05) is 44.0 Å². The predicted molar refractivity (Wildman–Crippen MR) is 134 cm³/mol. The number of thioether (sulfide) groups is 2. The monoisotopic (exact) mass is 465 g/mol. The summed E-state index contributed by atoms with van der Waals surface area (Å²) in [4.78, 5) is 14.8. The topological polar surface area (TPSA) is 29.1 Å². The van der Waals surface area contributed by atoms with Crippen LogP contribution in [0.3, 0.4) is 0 Å². The minimum absolute atomic E-state index is 0.0103. The van der Waals surface area contributed by atoms with Gasteiger partial charge in [-0.05, 0) is 77.7 Å². The largest absolute Gasteiger partial charge is 0.326 e. The molecular formula is C27H28FNOS2. The van der Waals surface area contributed by atoms with Gasteiger partial charge in [0, 0.05) is 20.7 Å². The Labute approximate surface area is 198 Å². The third kappa shape index (κ3) is 6.88. The summed E-state index contributed by atoms with van der Waals surface area (Å²) in [6, 6.07) is 23.1. The molecule has 1 N–H and O–H groups in total. The van der Waals surface area contributed by atoms with Crippen LogP contribution >= 0.6 is 23.5 Å². The Bertz CT molecular complexity index is 1020. The zero-order valence-corrected chi connectivity index (χ0v) is 19.9. The molecule has 1 aliphatic rings. The third-order valence-corrected chi connectivity index (χ3v) is 7.69. The van der Waals surface area contributed by atoms with E-state index in [0.717, 1.165) is 34.2 Å². The smallest absolute Gasteiger partial charge is 0.228 e. The zero-order chi connectivity index (χ0) is 22.3. The van der Waals surface area contributed by atoms with E-state index in [1.165, 1.54) is 35.4 Å². The van der Waals surface area contributed by atoms with Crippen LogP contribution in [0.15, 0.2) is 82.6 Å². The summed E-state index contributed by atoms with van der Waals surface area (Å²) in [5.74, 6) is 1.61. The molecule has 1 aliphatic carbocycles. The number of hydrogen-bond acceptors (Lipinski definition) is 3. The molecular weight excluding hydrogens is 437 g/mol. The summed E-state index contributed by atoms with van der Waals surface area (Å²) in [5, 5.41) is 3.34. The minimum Gasteiger partial charge on any atom is -0.326 e. The van der Waals surface area contributed by atoms with Gasteiger partial charge in [0.25, 0.3) is 0 Å². The van der Waals surface area contributed by atoms with E-state index < -0.39 is 0 Å². The van der Waals surface area contributed by atoms with Crippen LogP contribution in [0.1, 0.15) is 42.6 Å². The van der Waals surface area contributed by atoms with Crippen molar-refractivity contribution in [2.75, 3.05) is 11.1 Å². The van der Waals surface area contributed by atoms with Gasteiger partial charge in [-0.25, -0.2) is 4.39 Å². The summed E-state index contributed by atoms with van der Waals surface area (Å²) in [7, 11) is 0. The highest BCUT2D eigenvalue weighted by Gasteiger charge is 2.27. The first-order valence-corrected chi connectivity index (χ1v) is 13.0. The lowest BCUT2D eigenvalue weighted by Crippen LogP contribution is -2.14. The third-order valence-electron chi connectivity index (χ3n) is 5.50. The first kappa shape index (κ1) is 22.9. The Balaban J connectivity index is 1.36. The molecule has 0 saturated heterocycles. The number of carbonyl (C=O) groups is 1. The molecule has 1 saturated carbocycles. The second-order valence-corrected chi connectivity index (χ2v) is 10.8. The van der Waals surface area contributed by atoms with E-state index in [-0.39, 0.29) is 11.7 Å². The number of rotatable bonds is 10. The van der Waals surface area contributed by atoms with Gasteiger partial charge in [0.2, 0.25) is 5.91 Å². The molecule has 3 aromatic rings. The van der Waals surface area contributed by atoms with Gasteiger partial charge < -0.3 is 5.32 Å². The van der Waals surface area contributed by atoms with E-state index in [9.17, 15) is 9.18 Å². The Kier molecular flexibility index (Phi) is 7.93. The quantitative estimate of drug-likeness (QED) is 0.310. The van der Waals surface area contributed by atoms with Gasteiger partial charge in [0.05, 0.1) is 6.42 Å². The molecule has 0 bridgehead atoms. The van der Waals surface area contributed by atoms with Crippen molar-refractivity contribution in [3.05, 3.63) is 89.7 Å². The normalized spacial score (nSPS) is 14.2. The zero-order valence-electron chi connectivity index (χ0n) is 18.2. The number of hydrogen-bond donors (Lipinski definition) is 1. The van der Waals surface area contributed by atoms with E-state index in [2.05, 4.69) is 36.5 Å². The number of carbonyl (C=O) groups excluding carboxylic acids is 1. The summed E-state index contributed by atoms with van der Waals surface area (Å²) in [6.07, 6.45) is 4.09. The van der Waals surface area contributed by atoms with E-state index in [1.807, 2.05) is 36.4 Å². The molecule has 0 aliphatic heterocycles. The van der Waals surface area contributed by atoms with Crippen molar-refractivity contribution in [1.82, 2.24) is 0 Å². The van der Waals surface area contributed by atoms with Crippen LogP contribution in [-0.4, -0.2) is 11.7 Å².